The molecule has 0 saturated carbocycles. The first kappa shape index (κ1) is 12.3. The van der Waals surface area contributed by atoms with E-state index >= 15 is 0 Å². The van der Waals surface area contributed by atoms with Gasteiger partial charge in [-0.15, -0.1) is 0 Å². The molecule has 0 radical (unpaired) electrons. The highest BCUT2D eigenvalue weighted by molar-refractivity contribution is 7.16. The summed E-state index contributed by atoms with van der Waals surface area (Å²) in [5, 5.41) is 3.86. The number of thiazole rings is 1. The van der Waals surface area contributed by atoms with Crippen LogP contribution in [0.25, 0.3) is 0 Å². The van der Waals surface area contributed by atoms with Crippen LogP contribution in [0.2, 0.25) is 0 Å². The first-order chi connectivity index (χ1) is 8.72. The van der Waals surface area contributed by atoms with Crippen LogP contribution in [-0.2, 0) is 0 Å². The molecule has 5 nitrogen and oxygen atoms in total. The van der Waals surface area contributed by atoms with E-state index in [4.69, 9.17) is 4.74 Å². The van der Waals surface area contributed by atoms with Crippen molar-refractivity contribution in [2.24, 2.45) is 0 Å². The maximum absolute atomic E-state index is 4.88. The van der Waals surface area contributed by atoms with Crippen LogP contribution in [0.1, 0.15) is 16.1 Å². The number of nitrogens with zero attached hydrogens (tertiary/aromatic N) is 3. The summed E-state index contributed by atoms with van der Waals surface area (Å²) in [5.74, 6) is 6.07. The molecule has 0 spiro atoms. The summed E-state index contributed by atoms with van der Waals surface area (Å²) in [5.41, 5.74) is 1.67. The number of rotatable bonds is 2. The van der Waals surface area contributed by atoms with Crippen LogP contribution in [0.3, 0.4) is 0 Å². The van der Waals surface area contributed by atoms with E-state index < -0.39 is 0 Å². The lowest BCUT2D eigenvalue weighted by Crippen LogP contribution is -1.91. The molecule has 2 rings (SSSR count). The van der Waals surface area contributed by atoms with E-state index in [1.54, 1.807) is 12.4 Å². The first-order valence-corrected chi connectivity index (χ1v) is 6.08. The summed E-state index contributed by atoms with van der Waals surface area (Å²) in [7, 11) is 3.37. The molecule has 0 aliphatic rings. The summed E-state index contributed by atoms with van der Waals surface area (Å²) in [6.45, 7) is 1.94. The molecule has 0 aromatic carbocycles. The zero-order valence-electron chi connectivity index (χ0n) is 10.3. The minimum atomic E-state index is 0.340. The lowest BCUT2D eigenvalue weighted by molar-refractivity contribution is 0.379. The Morgan fingerprint density at radius 1 is 1.28 bits per heavy atom. The predicted octanol–water partition coefficient (Wildman–Crippen LogP) is 1.69. The van der Waals surface area contributed by atoms with Gasteiger partial charge in [-0.3, -0.25) is 0 Å². The van der Waals surface area contributed by atoms with Crippen LogP contribution in [0.5, 0.6) is 6.01 Å². The summed E-state index contributed by atoms with van der Waals surface area (Å²) >= 11 is 1.53. The smallest absolute Gasteiger partial charge is 0.316 e. The van der Waals surface area contributed by atoms with Gasteiger partial charge in [0.2, 0.25) is 0 Å². The largest absolute Gasteiger partial charge is 0.467 e. The molecule has 0 unspecified atom stereocenters. The van der Waals surface area contributed by atoms with Gasteiger partial charge in [-0.2, -0.15) is 0 Å². The fourth-order valence-corrected chi connectivity index (χ4v) is 2.01. The van der Waals surface area contributed by atoms with Crippen molar-refractivity contribution in [3.8, 4) is 17.9 Å². The summed E-state index contributed by atoms with van der Waals surface area (Å²) in [6, 6.07) is 0.340. The molecule has 2 aromatic rings. The van der Waals surface area contributed by atoms with Crippen LogP contribution in [0.15, 0.2) is 12.4 Å². The minimum absolute atomic E-state index is 0.340. The Morgan fingerprint density at radius 2 is 2.00 bits per heavy atom. The van der Waals surface area contributed by atoms with Gasteiger partial charge in [0.1, 0.15) is 4.88 Å². The van der Waals surface area contributed by atoms with Gasteiger partial charge in [-0.25, -0.2) is 15.0 Å². The van der Waals surface area contributed by atoms with Crippen molar-refractivity contribution in [2.75, 3.05) is 19.5 Å². The second-order valence-corrected chi connectivity index (χ2v) is 4.39. The molecule has 2 heterocycles. The lowest BCUT2D eigenvalue weighted by atomic mass is 10.3. The van der Waals surface area contributed by atoms with Crippen molar-refractivity contribution in [3.63, 3.8) is 0 Å². The molecule has 1 N–H and O–H groups in total. The molecule has 92 valence electrons. The molecular weight excluding hydrogens is 248 g/mol. The fourth-order valence-electron chi connectivity index (χ4n) is 1.23. The van der Waals surface area contributed by atoms with Gasteiger partial charge in [0.05, 0.1) is 18.4 Å². The molecule has 0 amide bonds. The third-order valence-electron chi connectivity index (χ3n) is 2.14. The molecule has 0 aliphatic heterocycles. The molecule has 0 atom stereocenters. The summed E-state index contributed by atoms with van der Waals surface area (Å²) in [6.07, 6.45) is 3.27. The Kier molecular flexibility index (Phi) is 3.75. The van der Waals surface area contributed by atoms with Gasteiger partial charge in [-0.1, -0.05) is 17.3 Å². The lowest BCUT2D eigenvalue weighted by Gasteiger charge is -1.94. The number of ether oxygens (including phenoxy) is 1. The average Bonchev–Trinajstić information content (AvgIpc) is 2.77. The number of nitrogens with one attached hydrogen (secondary N) is 1. The van der Waals surface area contributed by atoms with Gasteiger partial charge < -0.3 is 10.1 Å². The van der Waals surface area contributed by atoms with Crippen LogP contribution in [0, 0.1) is 18.8 Å². The van der Waals surface area contributed by atoms with Gasteiger partial charge in [-0.05, 0) is 12.8 Å². The van der Waals surface area contributed by atoms with Crippen molar-refractivity contribution in [2.45, 2.75) is 6.92 Å². The molecule has 6 heteroatoms. The molecule has 18 heavy (non-hydrogen) atoms. The van der Waals surface area contributed by atoms with Crippen LogP contribution < -0.4 is 10.1 Å². The Balaban J connectivity index is 2.22. The Morgan fingerprint density at radius 3 is 2.56 bits per heavy atom. The van der Waals surface area contributed by atoms with Crippen LogP contribution in [-0.4, -0.2) is 29.1 Å². The molecular formula is C12H12N4OS. The van der Waals surface area contributed by atoms with Crippen molar-refractivity contribution in [1.82, 2.24) is 15.0 Å². The van der Waals surface area contributed by atoms with Gasteiger partial charge in [0, 0.05) is 19.4 Å². The third kappa shape index (κ3) is 2.76. The summed E-state index contributed by atoms with van der Waals surface area (Å²) < 4.78 is 4.88. The number of aromatic nitrogens is 3. The van der Waals surface area contributed by atoms with E-state index in [-0.39, 0.29) is 0 Å². The van der Waals surface area contributed by atoms with Gasteiger partial charge in [0.25, 0.3) is 0 Å². The van der Waals surface area contributed by atoms with Crippen LogP contribution >= 0.6 is 11.3 Å². The second kappa shape index (κ2) is 5.47. The molecule has 0 saturated heterocycles. The van der Waals surface area contributed by atoms with Crippen molar-refractivity contribution < 1.29 is 4.74 Å². The molecule has 0 fully saturated rings. The molecule has 0 aliphatic carbocycles. The molecule has 2 aromatic heterocycles. The highest BCUT2D eigenvalue weighted by atomic mass is 32.1. The molecule has 0 bridgehead atoms. The third-order valence-corrected chi connectivity index (χ3v) is 3.23. The van der Waals surface area contributed by atoms with E-state index in [1.807, 2.05) is 14.0 Å². The van der Waals surface area contributed by atoms with Crippen molar-refractivity contribution in [3.05, 3.63) is 28.5 Å². The summed E-state index contributed by atoms with van der Waals surface area (Å²) in [4.78, 5) is 13.2. The quantitative estimate of drug-likeness (QED) is 0.833. The van der Waals surface area contributed by atoms with Gasteiger partial charge >= 0.3 is 6.01 Å². The maximum Gasteiger partial charge on any atom is 0.316 e. The average molecular weight is 260 g/mol. The number of anilines is 1. The standard InChI is InChI=1S/C12H12N4OS/c1-8-10(18-12(13-2)16-8)5-4-9-6-14-11(17-3)15-7-9/h6-7H,1-3H3,(H,13,16). The van der Waals surface area contributed by atoms with E-state index in [9.17, 15) is 0 Å². The SMILES string of the molecule is CNc1nc(C)c(C#Cc2cnc(OC)nc2)s1. The first-order valence-electron chi connectivity index (χ1n) is 5.26. The van der Waals surface area contributed by atoms with E-state index in [0.717, 1.165) is 21.3 Å². The van der Waals surface area contributed by atoms with Gasteiger partial charge in [0.15, 0.2) is 5.13 Å². The van der Waals surface area contributed by atoms with Crippen molar-refractivity contribution in [1.29, 1.82) is 0 Å². The number of aryl methyl sites for hydroxylation is 1. The Hall–Kier alpha value is -2.13. The Labute approximate surface area is 109 Å². The number of methoxy groups -OCH3 is 1. The van der Waals surface area contributed by atoms with Crippen LogP contribution in [0.4, 0.5) is 5.13 Å². The topological polar surface area (TPSA) is 59.9 Å². The second-order valence-electron chi connectivity index (χ2n) is 3.39. The van der Waals surface area contributed by atoms with E-state index in [2.05, 4.69) is 32.1 Å². The van der Waals surface area contributed by atoms with E-state index in [1.165, 1.54) is 18.4 Å². The Bertz CT molecular complexity index is 595. The highest BCUT2D eigenvalue weighted by Gasteiger charge is 2.03. The highest BCUT2D eigenvalue weighted by Crippen LogP contribution is 2.20. The zero-order valence-corrected chi connectivity index (χ0v) is 11.1. The minimum Gasteiger partial charge on any atom is -0.467 e. The van der Waals surface area contributed by atoms with Crippen molar-refractivity contribution >= 4 is 16.5 Å². The maximum atomic E-state index is 4.88. The predicted molar refractivity (Wildman–Crippen MR) is 71.0 cm³/mol. The number of hydrogen-bond acceptors (Lipinski definition) is 6. The monoisotopic (exact) mass is 260 g/mol. The normalized spacial score (nSPS) is 9.50. The fraction of sp³-hybridized carbons (Fsp3) is 0.250. The number of hydrogen-bond donors (Lipinski definition) is 1. The zero-order chi connectivity index (χ0) is 13.0. The van der Waals surface area contributed by atoms with E-state index in [0.29, 0.717) is 6.01 Å².